The van der Waals surface area contributed by atoms with E-state index in [2.05, 4.69) is 5.32 Å². The van der Waals surface area contributed by atoms with Crippen LogP contribution in [0, 0.1) is 0 Å². The van der Waals surface area contributed by atoms with Gasteiger partial charge in [0.25, 0.3) is 5.91 Å². The highest BCUT2D eigenvalue weighted by Crippen LogP contribution is 2.38. The lowest BCUT2D eigenvalue weighted by molar-refractivity contribution is 0.0529. The number of carbonyl (C=O) groups excluding carboxylic acids is 2. The zero-order chi connectivity index (χ0) is 26.6. The van der Waals surface area contributed by atoms with Crippen LogP contribution >= 0.6 is 22.9 Å². The summed E-state index contributed by atoms with van der Waals surface area (Å²) in [5.41, 5.74) is 4.22. The molecule has 8 heteroatoms. The normalized spacial score (nSPS) is 10.8. The van der Waals surface area contributed by atoms with Crippen LogP contribution in [-0.4, -0.2) is 30.6 Å². The third-order valence-corrected chi connectivity index (χ3v) is 7.14. The lowest BCUT2D eigenvalue weighted by Crippen LogP contribution is -2.15. The lowest BCUT2D eigenvalue weighted by Gasteiger charge is -2.13. The Hall–Kier alpha value is -4.20. The Kier molecular flexibility index (Phi) is 7.40. The number of benzene rings is 3. The van der Waals surface area contributed by atoms with Crippen molar-refractivity contribution >= 4 is 50.7 Å². The van der Waals surface area contributed by atoms with Gasteiger partial charge in [-0.3, -0.25) is 4.79 Å². The Morgan fingerprint density at radius 1 is 0.974 bits per heavy atom. The number of aromatic nitrogens is 1. The minimum Gasteiger partial charge on any atom is -0.496 e. The molecule has 6 nitrogen and oxygen atoms in total. The van der Waals surface area contributed by atoms with Gasteiger partial charge in [0.05, 0.1) is 30.5 Å². The van der Waals surface area contributed by atoms with E-state index in [4.69, 9.17) is 26.1 Å². The number of pyridine rings is 1. The number of anilines is 1. The molecule has 5 aromatic rings. The number of thiophene rings is 1. The molecule has 0 saturated heterocycles. The Morgan fingerprint density at radius 3 is 2.47 bits per heavy atom. The average Bonchev–Trinajstić information content (AvgIpc) is 3.36. The van der Waals surface area contributed by atoms with Crippen molar-refractivity contribution in [3.05, 3.63) is 100 Å². The fraction of sp³-hybridized carbons (Fsp3) is 0.100. The van der Waals surface area contributed by atoms with Crippen molar-refractivity contribution in [2.24, 2.45) is 0 Å². The summed E-state index contributed by atoms with van der Waals surface area (Å²) in [6, 6.07) is 23.9. The van der Waals surface area contributed by atoms with Gasteiger partial charge in [0.1, 0.15) is 16.3 Å². The Bertz CT molecular complexity index is 1650. The first-order valence-corrected chi connectivity index (χ1v) is 13.1. The van der Waals surface area contributed by atoms with Crippen LogP contribution in [0.25, 0.3) is 33.3 Å². The Labute approximate surface area is 228 Å². The molecule has 0 radical (unpaired) electrons. The molecule has 2 heterocycles. The zero-order valence-electron chi connectivity index (χ0n) is 20.7. The van der Waals surface area contributed by atoms with E-state index in [0.29, 0.717) is 49.1 Å². The maximum Gasteiger partial charge on any atom is 0.341 e. The predicted octanol–water partition coefficient (Wildman–Crippen LogP) is 7.72. The molecule has 0 spiro atoms. The second-order valence-corrected chi connectivity index (χ2v) is 9.62. The molecule has 0 atom stereocenters. The molecular formula is C30H23ClN2O4S. The second-order valence-electron chi connectivity index (χ2n) is 8.31. The second kappa shape index (κ2) is 11.0. The number of para-hydroxylation sites is 2. The standard InChI is InChI=1S/C30H23ClN2O4S/c1-3-37-30(35)27-23(18-12-14-19(31)15-13-18)17-38-29(27)33-28(34)22-16-25(21-9-5-7-11-26(21)36-2)32-24-10-6-4-8-20(22)24/h4-17H,3H2,1-2H3,(H,33,34). The lowest BCUT2D eigenvalue weighted by atomic mass is 10.0. The largest absolute Gasteiger partial charge is 0.496 e. The topological polar surface area (TPSA) is 77.5 Å². The highest BCUT2D eigenvalue weighted by atomic mass is 35.5. The molecule has 0 saturated carbocycles. The van der Waals surface area contributed by atoms with Gasteiger partial charge in [0.15, 0.2) is 0 Å². The van der Waals surface area contributed by atoms with Crippen molar-refractivity contribution < 1.29 is 19.1 Å². The summed E-state index contributed by atoms with van der Waals surface area (Å²) >= 11 is 7.32. The predicted molar refractivity (Wildman–Crippen MR) is 152 cm³/mol. The van der Waals surface area contributed by atoms with Gasteiger partial charge in [-0.25, -0.2) is 9.78 Å². The third-order valence-electron chi connectivity index (χ3n) is 6.00. The molecule has 190 valence electrons. The summed E-state index contributed by atoms with van der Waals surface area (Å²) in [6.45, 7) is 1.95. The fourth-order valence-electron chi connectivity index (χ4n) is 4.23. The van der Waals surface area contributed by atoms with E-state index >= 15 is 0 Å². The molecule has 1 amide bonds. The summed E-state index contributed by atoms with van der Waals surface area (Å²) < 4.78 is 10.9. The van der Waals surface area contributed by atoms with Gasteiger partial charge in [-0.2, -0.15) is 0 Å². The van der Waals surface area contributed by atoms with Crippen LogP contribution in [0.5, 0.6) is 5.75 Å². The van der Waals surface area contributed by atoms with Gasteiger partial charge >= 0.3 is 5.97 Å². The molecule has 0 aliphatic carbocycles. The molecule has 1 N–H and O–H groups in total. The molecule has 0 aliphatic rings. The molecule has 38 heavy (non-hydrogen) atoms. The molecule has 0 aliphatic heterocycles. The van der Waals surface area contributed by atoms with Crippen LogP contribution in [0.4, 0.5) is 5.00 Å². The van der Waals surface area contributed by atoms with Crippen LogP contribution in [0.15, 0.2) is 84.2 Å². The maximum atomic E-state index is 13.8. The van der Waals surface area contributed by atoms with Crippen LogP contribution < -0.4 is 10.1 Å². The number of hydrogen-bond donors (Lipinski definition) is 1. The minimum absolute atomic E-state index is 0.208. The average molecular weight is 543 g/mol. The van der Waals surface area contributed by atoms with Crippen molar-refractivity contribution in [1.29, 1.82) is 0 Å². The van der Waals surface area contributed by atoms with Crippen LogP contribution in [0.3, 0.4) is 0 Å². The third kappa shape index (κ3) is 4.98. The quantitative estimate of drug-likeness (QED) is 0.213. The van der Waals surface area contributed by atoms with Crippen molar-refractivity contribution in [2.75, 3.05) is 19.0 Å². The number of nitrogens with one attached hydrogen (secondary N) is 1. The van der Waals surface area contributed by atoms with Gasteiger partial charge < -0.3 is 14.8 Å². The first kappa shape index (κ1) is 25.4. The maximum absolute atomic E-state index is 13.8. The Morgan fingerprint density at radius 2 is 1.71 bits per heavy atom. The van der Waals surface area contributed by atoms with Gasteiger partial charge in [0, 0.05) is 26.9 Å². The smallest absolute Gasteiger partial charge is 0.341 e. The van der Waals surface area contributed by atoms with E-state index in [-0.39, 0.29) is 12.5 Å². The van der Waals surface area contributed by atoms with Crippen molar-refractivity contribution in [2.45, 2.75) is 6.92 Å². The number of ether oxygens (including phenoxy) is 2. The van der Waals surface area contributed by atoms with Crippen molar-refractivity contribution in [3.8, 4) is 28.1 Å². The summed E-state index contributed by atoms with van der Waals surface area (Å²) in [6.07, 6.45) is 0. The van der Waals surface area contributed by atoms with Crippen molar-refractivity contribution in [3.63, 3.8) is 0 Å². The zero-order valence-corrected chi connectivity index (χ0v) is 22.2. The fourth-order valence-corrected chi connectivity index (χ4v) is 5.30. The SMILES string of the molecule is CCOC(=O)c1c(-c2ccc(Cl)cc2)csc1NC(=O)c1cc(-c2ccccc2OC)nc2ccccc12. The molecule has 0 unspecified atom stereocenters. The molecule has 0 fully saturated rings. The number of halogens is 1. The molecule has 3 aromatic carbocycles. The molecule has 2 aromatic heterocycles. The van der Waals surface area contributed by atoms with Gasteiger partial charge in [-0.15, -0.1) is 11.3 Å². The van der Waals surface area contributed by atoms with E-state index in [9.17, 15) is 9.59 Å². The monoisotopic (exact) mass is 542 g/mol. The highest BCUT2D eigenvalue weighted by Gasteiger charge is 2.24. The van der Waals surface area contributed by atoms with E-state index in [1.54, 1.807) is 32.2 Å². The number of rotatable bonds is 7. The molecule has 0 bridgehead atoms. The summed E-state index contributed by atoms with van der Waals surface area (Å²) in [4.78, 5) is 31.5. The highest BCUT2D eigenvalue weighted by molar-refractivity contribution is 7.15. The van der Waals surface area contributed by atoms with E-state index in [0.717, 1.165) is 11.1 Å². The van der Waals surface area contributed by atoms with Gasteiger partial charge in [0.2, 0.25) is 0 Å². The van der Waals surface area contributed by atoms with Gasteiger partial charge in [-0.1, -0.05) is 54.1 Å². The number of methoxy groups -OCH3 is 1. The first-order chi connectivity index (χ1) is 18.5. The number of nitrogens with zero attached hydrogens (tertiary/aromatic N) is 1. The van der Waals surface area contributed by atoms with Crippen LogP contribution in [0.1, 0.15) is 27.6 Å². The number of fused-ring (bicyclic) bond motifs is 1. The minimum atomic E-state index is -0.511. The summed E-state index contributed by atoms with van der Waals surface area (Å²) in [7, 11) is 1.60. The number of amides is 1. The molecule has 5 rings (SSSR count). The van der Waals surface area contributed by atoms with E-state index in [1.807, 2.05) is 66.0 Å². The van der Waals surface area contributed by atoms with Crippen LogP contribution in [0.2, 0.25) is 5.02 Å². The van der Waals surface area contributed by atoms with E-state index < -0.39 is 5.97 Å². The Balaban J connectivity index is 1.59. The van der Waals surface area contributed by atoms with E-state index in [1.165, 1.54) is 11.3 Å². The summed E-state index contributed by atoms with van der Waals surface area (Å²) in [5, 5.41) is 6.47. The number of esters is 1. The number of carbonyl (C=O) groups is 2. The molecular weight excluding hydrogens is 520 g/mol. The van der Waals surface area contributed by atoms with Crippen LogP contribution in [-0.2, 0) is 4.74 Å². The van der Waals surface area contributed by atoms with Gasteiger partial charge in [-0.05, 0) is 48.9 Å². The summed E-state index contributed by atoms with van der Waals surface area (Å²) in [5.74, 6) is -0.227. The first-order valence-electron chi connectivity index (χ1n) is 11.9. The van der Waals surface area contributed by atoms with Crippen molar-refractivity contribution in [1.82, 2.24) is 4.98 Å². The number of hydrogen-bond acceptors (Lipinski definition) is 6.